The Morgan fingerprint density at radius 3 is 2.87 bits per heavy atom. The minimum atomic E-state index is 0.137. The minimum absolute atomic E-state index is 0.137. The molecule has 0 heterocycles. The van der Waals surface area contributed by atoms with Crippen LogP contribution in [0.5, 0.6) is 5.75 Å². The Labute approximate surface area is 95.4 Å². The molecule has 0 bridgehead atoms. The molecule has 0 amide bonds. The highest BCUT2D eigenvalue weighted by Gasteiger charge is 2.37. The third-order valence-electron chi connectivity index (χ3n) is 2.78. The lowest BCUT2D eigenvalue weighted by Gasteiger charge is -2.09. The molecule has 1 aromatic carbocycles. The second kappa shape index (κ2) is 4.42. The average Bonchev–Trinajstić information content (AvgIpc) is 2.92. The molecule has 3 heteroatoms. The van der Waals surface area contributed by atoms with Crippen LogP contribution in [-0.4, -0.2) is 12.1 Å². The van der Waals surface area contributed by atoms with Gasteiger partial charge in [-0.25, -0.2) is 0 Å². The Kier molecular flexibility index (Phi) is 3.17. The van der Waals surface area contributed by atoms with Crippen LogP contribution in [0.4, 0.5) is 0 Å². The van der Waals surface area contributed by atoms with E-state index >= 15 is 0 Å². The Balaban J connectivity index is 1.69. The predicted octanol–water partition coefficient (Wildman–Crippen LogP) is 2.99. The van der Waals surface area contributed by atoms with Gasteiger partial charge in [-0.1, -0.05) is 17.7 Å². The van der Waals surface area contributed by atoms with Crippen molar-refractivity contribution >= 4 is 11.6 Å². The van der Waals surface area contributed by atoms with Crippen LogP contribution in [0.15, 0.2) is 24.3 Å². The molecule has 2 nitrogen and oxygen atoms in total. The summed E-state index contributed by atoms with van der Waals surface area (Å²) in [7, 11) is 0. The van der Waals surface area contributed by atoms with Crippen molar-refractivity contribution in [2.24, 2.45) is 5.73 Å². The summed E-state index contributed by atoms with van der Waals surface area (Å²) < 4.78 is 5.57. The van der Waals surface area contributed by atoms with Gasteiger partial charge in [0.2, 0.25) is 0 Å². The van der Waals surface area contributed by atoms with Crippen molar-refractivity contribution in [2.75, 3.05) is 6.61 Å². The molecule has 82 valence electrons. The van der Waals surface area contributed by atoms with E-state index in [-0.39, 0.29) is 5.54 Å². The van der Waals surface area contributed by atoms with Crippen molar-refractivity contribution < 1.29 is 4.74 Å². The fraction of sp³-hybridized carbons (Fsp3) is 0.500. The Morgan fingerprint density at radius 1 is 1.40 bits per heavy atom. The first-order valence-corrected chi connectivity index (χ1v) is 5.73. The van der Waals surface area contributed by atoms with Crippen LogP contribution < -0.4 is 10.5 Å². The van der Waals surface area contributed by atoms with Crippen molar-refractivity contribution in [3.8, 4) is 5.75 Å². The summed E-state index contributed by atoms with van der Waals surface area (Å²) in [4.78, 5) is 0. The number of hydrogen-bond donors (Lipinski definition) is 1. The fourth-order valence-corrected chi connectivity index (χ4v) is 1.76. The van der Waals surface area contributed by atoms with Gasteiger partial charge in [0.25, 0.3) is 0 Å². The molecule has 1 saturated carbocycles. The van der Waals surface area contributed by atoms with Crippen LogP contribution in [0.1, 0.15) is 25.7 Å². The molecule has 0 aromatic heterocycles. The second-order valence-electron chi connectivity index (χ2n) is 4.27. The largest absolute Gasteiger partial charge is 0.494 e. The monoisotopic (exact) mass is 225 g/mol. The van der Waals surface area contributed by atoms with E-state index in [1.54, 1.807) is 0 Å². The standard InChI is InChI=1S/C12H16ClNO/c13-10-3-1-4-11(9-10)15-8-2-5-12(14)6-7-12/h1,3-4,9H,2,5-8,14H2. The lowest BCUT2D eigenvalue weighted by Crippen LogP contribution is -2.22. The van der Waals surface area contributed by atoms with Gasteiger partial charge < -0.3 is 10.5 Å². The number of hydrogen-bond acceptors (Lipinski definition) is 2. The van der Waals surface area contributed by atoms with Crippen LogP contribution in [0.3, 0.4) is 0 Å². The first kappa shape index (κ1) is 10.8. The van der Waals surface area contributed by atoms with E-state index in [1.165, 1.54) is 12.8 Å². The molecular weight excluding hydrogens is 210 g/mol. The van der Waals surface area contributed by atoms with Gasteiger partial charge in [-0.05, 0) is 43.9 Å². The topological polar surface area (TPSA) is 35.2 Å². The fourth-order valence-electron chi connectivity index (χ4n) is 1.58. The highest BCUT2D eigenvalue weighted by atomic mass is 35.5. The van der Waals surface area contributed by atoms with E-state index in [1.807, 2.05) is 24.3 Å². The molecule has 15 heavy (non-hydrogen) atoms. The molecule has 0 spiro atoms. The van der Waals surface area contributed by atoms with Crippen molar-refractivity contribution in [1.29, 1.82) is 0 Å². The van der Waals surface area contributed by atoms with Crippen LogP contribution in [-0.2, 0) is 0 Å². The van der Waals surface area contributed by atoms with Crippen molar-refractivity contribution in [3.05, 3.63) is 29.3 Å². The van der Waals surface area contributed by atoms with Gasteiger partial charge in [0.15, 0.2) is 0 Å². The summed E-state index contributed by atoms with van der Waals surface area (Å²) in [6, 6.07) is 7.48. The highest BCUT2D eigenvalue weighted by Crippen LogP contribution is 2.36. The molecule has 0 unspecified atom stereocenters. The van der Waals surface area contributed by atoms with Gasteiger partial charge in [-0.15, -0.1) is 0 Å². The maximum atomic E-state index is 5.97. The van der Waals surface area contributed by atoms with Crippen molar-refractivity contribution in [1.82, 2.24) is 0 Å². The summed E-state index contributed by atoms with van der Waals surface area (Å²) in [6.07, 6.45) is 4.42. The molecule has 2 rings (SSSR count). The molecular formula is C12H16ClNO. The zero-order valence-electron chi connectivity index (χ0n) is 8.71. The number of ether oxygens (including phenoxy) is 1. The maximum Gasteiger partial charge on any atom is 0.120 e. The lowest BCUT2D eigenvalue weighted by molar-refractivity contribution is 0.299. The van der Waals surface area contributed by atoms with Crippen LogP contribution in [0.2, 0.25) is 5.02 Å². The van der Waals surface area contributed by atoms with Gasteiger partial charge in [-0.3, -0.25) is 0 Å². The number of rotatable bonds is 5. The Bertz CT molecular complexity index is 336. The molecule has 0 radical (unpaired) electrons. The van der Waals surface area contributed by atoms with E-state index in [2.05, 4.69) is 0 Å². The van der Waals surface area contributed by atoms with Crippen LogP contribution >= 0.6 is 11.6 Å². The minimum Gasteiger partial charge on any atom is -0.494 e. The third-order valence-corrected chi connectivity index (χ3v) is 3.01. The van der Waals surface area contributed by atoms with Gasteiger partial charge in [0.05, 0.1) is 6.61 Å². The predicted molar refractivity (Wildman–Crippen MR) is 62.3 cm³/mol. The summed E-state index contributed by atoms with van der Waals surface area (Å²) in [5, 5.41) is 0.713. The zero-order chi connectivity index (χ0) is 10.7. The third kappa shape index (κ3) is 3.40. The van der Waals surface area contributed by atoms with Crippen molar-refractivity contribution in [3.63, 3.8) is 0 Å². The van der Waals surface area contributed by atoms with E-state index in [9.17, 15) is 0 Å². The zero-order valence-corrected chi connectivity index (χ0v) is 9.46. The van der Waals surface area contributed by atoms with Gasteiger partial charge >= 0.3 is 0 Å². The van der Waals surface area contributed by atoms with E-state index in [0.717, 1.165) is 25.2 Å². The maximum absolute atomic E-state index is 5.97. The van der Waals surface area contributed by atoms with Crippen LogP contribution in [0, 0.1) is 0 Å². The Morgan fingerprint density at radius 2 is 2.20 bits per heavy atom. The first-order chi connectivity index (χ1) is 7.18. The van der Waals surface area contributed by atoms with E-state index < -0.39 is 0 Å². The molecule has 0 saturated heterocycles. The molecule has 0 atom stereocenters. The summed E-state index contributed by atoms with van der Waals surface area (Å²) in [5.41, 5.74) is 6.11. The summed E-state index contributed by atoms with van der Waals surface area (Å²) >= 11 is 5.84. The smallest absolute Gasteiger partial charge is 0.120 e. The normalized spacial score (nSPS) is 17.5. The highest BCUT2D eigenvalue weighted by molar-refractivity contribution is 6.30. The lowest BCUT2D eigenvalue weighted by atomic mass is 10.1. The summed E-state index contributed by atoms with van der Waals surface area (Å²) in [6.45, 7) is 0.722. The van der Waals surface area contributed by atoms with E-state index in [0.29, 0.717) is 5.02 Å². The molecule has 2 N–H and O–H groups in total. The second-order valence-corrected chi connectivity index (χ2v) is 4.71. The molecule has 1 aromatic rings. The van der Waals surface area contributed by atoms with Gasteiger partial charge in [0.1, 0.15) is 5.75 Å². The molecule has 1 aliphatic carbocycles. The quantitative estimate of drug-likeness (QED) is 0.782. The Hall–Kier alpha value is -0.730. The van der Waals surface area contributed by atoms with Crippen LogP contribution in [0.25, 0.3) is 0 Å². The van der Waals surface area contributed by atoms with E-state index in [4.69, 9.17) is 22.1 Å². The van der Waals surface area contributed by atoms with Gasteiger partial charge in [0, 0.05) is 10.6 Å². The number of nitrogens with two attached hydrogens (primary N) is 1. The molecule has 0 aliphatic heterocycles. The SMILES string of the molecule is NC1(CCCOc2cccc(Cl)c2)CC1. The average molecular weight is 226 g/mol. The number of halogens is 1. The summed E-state index contributed by atoms with van der Waals surface area (Å²) in [5.74, 6) is 0.837. The molecule has 1 aliphatic rings. The van der Waals surface area contributed by atoms with Gasteiger partial charge in [-0.2, -0.15) is 0 Å². The first-order valence-electron chi connectivity index (χ1n) is 5.35. The molecule has 1 fully saturated rings. The number of benzene rings is 1. The van der Waals surface area contributed by atoms with Crippen molar-refractivity contribution in [2.45, 2.75) is 31.2 Å².